The summed E-state index contributed by atoms with van der Waals surface area (Å²) in [5.74, 6) is 23.4. The molecule has 220 valence electrons. The Morgan fingerprint density at radius 1 is 0.425 bits per heavy atom. The number of ether oxygens (including phenoxy) is 8. The zero-order chi connectivity index (χ0) is 28.4. The summed E-state index contributed by atoms with van der Waals surface area (Å²) in [5, 5.41) is 0. The molecule has 8 heteroatoms. The van der Waals surface area contributed by atoms with E-state index in [0.717, 1.165) is 25.7 Å². The van der Waals surface area contributed by atoms with Crippen molar-refractivity contribution in [1.29, 1.82) is 0 Å². The summed E-state index contributed by atoms with van der Waals surface area (Å²) in [6.45, 7) is 12.1. The van der Waals surface area contributed by atoms with Gasteiger partial charge in [0.15, 0.2) is 0 Å². The van der Waals surface area contributed by atoms with Crippen molar-refractivity contribution in [2.24, 2.45) is 0 Å². The topological polar surface area (TPSA) is 73.8 Å². The van der Waals surface area contributed by atoms with Crippen molar-refractivity contribution >= 4 is 0 Å². The van der Waals surface area contributed by atoms with Crippen LogP contribution >= 0.6 is 0 Å². The minimum Gasteiger partial charge on any atom is -0.372 e. The Bertz CT molecular complexity index is 823. The Labute approximate surface area is 240 Å². The molecular weight excluding hydrogens is 512 g/mol. The SMILES string of the molecule is CC#CCCO[C@@H]1CO[C@H]2[C@@H]1OC[C@H]2OCCC#CC.CC#CCCO[C@H]1CO[C@H]2[C@@H]1OC[C@H]2OCCC#CC. The van der Waals surface area contributed by atoms with Gasteiger partial charge in [-0.3, -0.25) is 0 Å². The maximum Gasteiger partial charge on any atom is 0.115 e. The lowest BCUT2D eigenvalue weighted by atomic mass is 10.1. The van der Waals surface area contributed by atoms with Crippen molar-refractivity contribution in [2.45, 2.75) is 102 Å². The van der Waals surface area contributed by atoms with E-state index < -0.39 is 0 Å². The third kappa shape index (κ3) is 10.1. The van der Waals surface area contributed by atoms with E-state index >= 15 is 0 Å². The van der Waals surface area contributed by atoms with Crippen molar-refractivity contribution in [3.05, 3.63) is 0 Å². The predicted molar refractivity (Wildman–Crippen MR) is 150 cm³/mol. The average molecular weight is 557 g/mol. The second kappa shape index (κ2) is 19.1. The molecule has 0 amide bonds. The van der Waals surface area contributed by atoms with Gasteiger partial charge in [-0.2, -0.15) is 0 Å². The van der Waals surface area contributed by atoms with E-state index in [9.17, 15) is 0 Å². The van der Waals surface area contributed by atoms with Gasteiger partial charge >= 0.3 is 0 Å². The molecule has 40 heavy (non-hydrogen) atoms. The fourth-order valence-corrected chi connectivity index (χ4v) is 4.98. The highest BCUT2D eigenvalue weighted by Gasteiger charge is 2.49. The standard InChI is InChI=1S/2C16H22O4/c2*1-3-5-7-9-17-13-11-19-16-14(12-20-15(13)16)18-10-8-6-4-2/h2*13-16H,7-12H2,1-2H3/t13-,14+,15-,16-;13-,14-,15-,16-/m11/s1. The van der Waals surface area contributed by atoms with Gasteiger partial charge in [0.05, 0.1) is 52.9 Å². The van der Waals surface area contributed by atoms with Crippen LogP contribution in [-0.2, 0) is 37.9 Å². The molecule has 4 aliphatic rings. The smallest absolute Gasteiger partial charge is 0.115 e. The number of hydrogen-bond donors (Lipinski definition) is 0. The molecule has 0 radical (unpaired) electrons. The third-order valence-electron chi connectivity index (χ3n) is 6.87. The van der Waals surface area contributed by atoms with Gasteiger partial charge in [0.1, 0.15) is 48.8 Å². The molecule has 0 saturated carbocycles. The first kappa shape index (κ1) is 32.4. The van der Waals surface area contributed by atoms with E-state index in [-0.39, 0.29) is 48.8 Å². The maximum atomic E-state index is 5.78. The molecule has 8 nitrogen and oxygen atoms in total. The lowest BCUT2D eigenvalue weighted by molar-refractivity contribution is -0.0483. The van der Waals surface area contributed by atoms with E-state index in [1.807, 2.05) is 27.7 Å². The minimum absolute atomic E-state index is 0.00249. The Morgan fingerprint density at radius 3 is 0.850 bits per heavy atom. The van der Waals surface area contributed by atoms with Crippen LogP contribution in [0.25, 0.3) is 0 Å². The Hall–Kier alpha value is -2.08. The highest BCUT2D eigenvalue weighted by molar-refractivity contribution is 5.00. The molecule has 4 rings (SSSR count). The van der Waals surface area contributed by atoms with Gasteiger partial charge in [-0.25, -0.2) is 0 Å². The molecule has 0 unspecified atom stereocenters. The second-order valence-electron chi connectivity index (χ2n) is 9.54. The molecule has 0 N–H and O–H groups in total. The summed E-state index contributed by atoms with van der Waals surface area (Å²) >= 11 is 0. The van der Waals surface area contributed by atoms with Crippen LogP contribution in [0, 0.1) is 47.4 Å². The average Bonchev–Trinajstić information content (AvgIpc) is 3.74. The van der Waals surface area contributed by atoms with Crippen molar-refractivity contribution < 1.29 is 37.9 Å². The van der Waals surface area contributed by atoms with Gasteiger partial charge in [0, 0.05) is 25.7 Å². The van der Waals surface area contributed by atoms with Crippen LogP contribution in [0.1, 0.15) is 53.4 Å². The van der Waals surface area contributed by atoms with Crippen LogP contribution in [0.4, 0.5) is 0 Å². The van der Waals surface area contributed by atoms with Crippen LogP contribution in [0.2, 0.25) is 0 Å². The first-order valence-electron chi connectivity index (χ1n) is 14.2. The molecule has 0 aromatic carbocycles. The van der Waals surface area contributed by atoms with E-state index in [1.165, 1.54) is 0 Å². The summed E-state index contributed by atoms with van der Waals surface area (Å²) < 4.78 is 46.2. The first-order chi connectivity index (χ1) is 19.7. The molecular formula is C32H44O8. The Balaban J connectivity index is 0.000000220. The van der Waals surface area contributed by atoms with Crippen molar-refractivity contribution in [1.82, 2.24) is 0 Å². The monoisotopic (exact) mass is 556 g/mol. The molecule has 4 saturated heterocycles. The van der Waals surface area contributed by atoms with Crippen LogP contribution in [0.15, 0.2) is 0 Å². The van der Waals surface area contributed by atoms with Crippen molar-refractivity contribution in [3.8, 4) is 47.4 Å². The quantitative estimate of drug-likeness (QED) is 0.269. The van der Waals surface area contributed by atoms with Gasteiger partial charge in [0.2, 0.25) is 0 Å². The highest BCUT2D eigenvalue weighted by Crippen LogP contribution is 2.31. The van der Waals surface area contributed by atoms with Crippen LogP contribution in [0.3, 0.4) is 0 Å². The Morgan fingerprint density at radius 2 is 0.650 bits per heavy atom. The molecule has 0 spiro atoms. The van der Waals surface area contributed by atoms with Gasteiger partial charge < -0.3 is 37.9 Å². The van der Waals surface area contributed by atoms with E-state index in [0.29, 0.717) is 52.9 Å². The summed E-state index contributed by atoms with van der Waals surface area (Å²) in [6, 6.07) is 0. The summed E-state index contributed by atoms with van der Waals surface area (Å²) in [5.41, 5.74) is 0. The van der Waals surface area contributed by atoms with Crippen LogP contribution in [-0.4, -0.2) is 102 Å². The van der Waals surface area contributed by atoms with Crippen LogP contribution in [0.5, 0.6) is 0 Å². The van der Waals surface area contributed by atoms with Crippen molar-refractivity contribution in [2.75, 3.05) is 52.9 Å². The fraction of sp³-hybridized carbons (Fsp3) is 0.750. The number of hydrogen-bond acceptors (Lipinski definition) is 8. The van der Waals surface area contributed by atoms with E-state index in [2.05, 4.69) is 47.4 Å². The van der Waals surface area contributed by atoms with E-state index in [4.69, 9.17) is 37.9 Å². The molecule has 4 aliphatic heterocycles. The zero-order valence-electron chi connectivity index (χ0n) is 24.4. The molecule has 8 atom stereocenters. The largest absolute Gasteiger partial charge is 0.372 e. The second-order valence-corrected chi connectivity index (χ2v) is 9.54. The summed E-state index contributed by atoms with van der Waals surface area (Å²) in [4.78, 5) is 0. The third-order valence-corrected chi connectivity index (χ3v) is 6.87. The first-order valence-corrected chi connectivity index (χ1v) is 14.2. The van der Waals surface area contributed by atoms with Gasteiger partial charge in [-0.1, -0.05) is 0 Å². The van der Waals surface area contributed by atoms with Crippen LogP contribution < -0.4 is 0 Å². The van der Waals surface area contributed by atoms with Gasteiger partial charge in [-0.15, -0.1) is 47.4 Å². The summed E-state index contributed by atoms with van der Waals surface area (Å²) in [6.07, 6.45) is 2.98. The van der Waals surface area contributed by atoms with E-state index in [1.54, 1.807) is 0 Å². The zero-order valence-corrected chi connectivity index (χ0v) is 24.4. The molecule has 0 bridgehead atoms. The number of fused-ring (bicyclic) bond motifs is 2. The van der Waals surface area contributed by atoms with Crippen molar-refractivity contribution in [3.63, 3.8) is 0 Å². The molecule has 4 fully saturated rings. The molecule has 0 aliphatic carbocycles. The Kier molecular flexibility index (Phi) is 15.5. The lowest BCUT2D eigenvalue weighted by Gasteiger charge is -2.16. The molecule has 0 aromatic rings. The molecule has 4 heterocycles. The van der Waals surface area contributed by atoms with Gasteiger partial charge in [0.25, 0.3) is 0 Å². The predicted octanol–water partition coefficient (Wildman–Crippen LogP) is 2.76. The fourth-order valence-electron chi connectivity index (χ4n) is 4.98. The highest BCUT2D eigenvalue weighted by atomic mass is 16.7. The summed E-state index contributed by atoms with van der Waals surface area (Å²) in [7, 11) is 0. The van der Waals surface area contributed by atoms with Gasteiger partial charge in [-0.05, 0) is 27.7 Å². The maximum absolute atomic E-state index is 5.78. The lowest BCUT2D eigenvalue weighted by Crippen LogP contribution is -2.34. The normalized spacial score (nSPS) is 31.1. The molecule has 0 aromatic heterocycles. The number of rotatable bonds is 12. The minimum atomic E-state index is -0.00755.